The smallest absolute Gasteiger partial charge is 0.341 e. The van der Waals surface area contributed by atoms with Crippen LogP contribution in [0.3, 0.4) is 0 Å². The molecule has 0 aliphatic heterocycles. The first-order chi connectivity index (χ1) is 9.74. The maximum absolute atomic E-state index is 11.6. The molecule has 20 heavy (non-hydrogen) atoms. The zero-order valence-electron chi connectivity index (χ0n) is 11.4. The molecule has 0 fully saturated rings. The molecule has 5 heteroatoms. The molecule has 0 atom stereocenters. The molecule has 0 spiro atoms. The number of anilines is 1. The summed E-state index contributed by atoms with van der Waals surface area (Å²) in [6.45, 7) is 0.540. The quantitative estimate of drug-likeness (QED) is 0.847. The van der Waals surface area contributed by atoms with Crippen molar-refractivity contribution in [3.8, 4) is 5.75 Å². The molecule has 2 rings (SSSR count). The zero-order valence-corrected chi connectivity index (χ0v) is 11.4. The van der Waals surface area contributed by atoms with Gasteiger partial charge in [0.05, 0.1) is 14.2 Å². The predicted octanol–water partition coefficient (Wildman–Crippen LogP) is 2.49. The first kappa shape index (κ1) is 13.9. The number of nitrogens with zero attached hydrogens (tertiary/aromatic N) is 1. The van der Waals surface area contributed by atoms with Crippen molar-refractivity contribution in [1.29, 1.82) is 0 Å². The molecule has 0 aliphatic rings. The third kappa shape index (κ3) is 3.26. The van der Waals surface area contributed by atoms with E-state index in [1.54, 1.807) is 25.4 Å². The zero-order chi connectivity index (χ0) is 14.4. The fourth-order valence-corrected chi connectivity index (χ4v) is 1.79. The van der Waals surface area contributed by atoms with E-state index in [4.69, 9.17) is 9.47 Å². The van der Waals surface area contributed by atoms with Gasteiger partial charge in [-0.25, -0.2) is 9.78 Å². The topological polar surface area (TPSA) is 60.5 Å². The maximum atomic E-state index is 11.6. The Labute approximate surface area is 117 Å². The van der Waals surface area contributed by atoms with Crippen LogP contribution in [0.15, 0.2) is 42.6 Å². The third-order valence-corrected chi connectivity index (χ3v) is 2.81. The van der Waals surface area contributed by atoms with E-state index in [0.717, 1.165) is 11.3 Å². The van der Waals surface area contributed by atoms with Gasteiger partial charge in [0.1, 0.15) is 17.1 Å². The number of hydrogen-bond donors (Lipinski definition) is 1. The SMILES string of the molecule is COC(=O)c1cccnc1NCc1cccc(OC)c1. The van der Waals surface area contributed by atoms with Crippen LogP contribution in [0.25, 0.3) is 0 Å². The minimum absolute atomic E-state index is 0.411. The van der Waals surface area contributed by atoms with Crippen LogP contribution in [-0.4, -0.2) is 25.2 Å². The van der Waals surface area contributed by atoms with E-state index in [1.165, 1.54) is 7.11 Å². The van der Waals surface area contributed by atoms with Crippen molar-refractivity contribution >= 4 is 11.8 Å². The van der Waals surface area contributed by atoms with Gasteiger partial charge in [-0.05, 0) is 29.8 Å². The second-order valence-corrected chi connectivity index (χ2v) is 4.10. The number of esters is 1. The molecule has 1 N–H and O–H groups in total. The summed E-state index contributed by atoms with van der Waals surface area (Å²) in [6, 6.07) is 11.1. The van der Waals surface area contributed by atoms with Gasteiger partial charge in [0.15, 0.2) is 0 Å². The first-order valence-corrected chi connectivity index (χ1v) is 6.14. The van der Waals surface area contributed by atoms with Crippen molar-refractivity contribution in [2.45, 2.75) is 6.54 Å². The molecule has 104 valence electrons. The maximum Gasteiger partial charge on any atom is 0.341 e. The van der Waals surface area contributed by atoms with E-state index in [-0.39, 0.29) is 0 Å². The fraction of sp³-hybridized carbons (Fsp3) is 0.200. The summed E-state index contributed by atoms with van der Waals surface area (Å²) in [5, 5.41) is 3.13. The van der Waals surface area contributed by atoms with Crippen LogP contribution in [0.2, 0.25) is 0 Å². The molecule has 0 bridgehead atoms. The number of aromatic nitrogens is 1. The molecule has 5 nitrogen and oxygen atoms in total. The summed E-state index contributed by atoms with van der Waals surface area (Å²) in [5.41, 5.74) is 1.45. The summed E-state index contributed by atoms with van der Waals surface area (Å²) in [5.74, 6) is 0.881. The van der Waals surface area contributed by atoms with E-state index in [2.05, 4.69) is 10.3 Å². The number of carbonyl (C=O) groups is 1. The van der Waals surface area contributed by atoms with Gasteiger partial charge in [0.25, 0.3) is 0 Å². The Hall–Kier alpha value is -2.56. The van der Waals surface area contributed by atoms with Gasteiger partial charge in [-0.15, -0.1) is 0 Å². The van der Waals surface area contributed by atoms with Gasteiger partial charge < -0.3 is 14.8 Å². The van der Waals surface area contributed by atoms with Gasteiger partial charge in [-0.3, -0.25) is 0 Å². The van der Waals surface area contributed by atoms with Crippen molar-refractivity contribution < 1.29 is 14.3 Å². The Balaban J connectivity index is 2.12. The lowest BCUT2D eigenvalue weighted by molar-refractivity contribution is 0.0601. The number of pyridine rings is 1. The van der Waals surface area contributed by atoms with Crippen molar-refractivity contribution in [1.82, 2.24) is 4.98 Å². The van der Waals surface area contributed by atoms with Crippen molar-refractivity contribution in [2.24, 2.45) is 0 Å². The van der Waals surface area contributed by atoms with Crippen LogP contribution in [0, 0.1) is 0 Å². The molecule has 0 unspecified atom stereocenters. The lowest BCUT2D eigenvalue weighted by Gasteiger charge is -2.10. The molecule has 0 amide bonds. The lowest BCUT2D eigenvalue weighted by Crippen LogP contribution is -2.09. The molecule has 0 saturated heterocycles. The van der Waals surface area contributed by atoms with E-state index < -0.39 is 5.97 Å². The van der Waals surface area contributed by atoms with Crippen LogP contribution >= 0.6 is 0 Å². The summed E-state index contributed by atoms with van der Waals surface area (Å²) >= 11 is 0. The van der Waals surface area contributed by atoms with Gasteiger partial charge >= 0.3 is 5.97 Å². The summed E-state index contributed by atoms with van der Waals surface area (Å²) in [4.78, 5) is 15.8. The third-order valence-electron chi connectivity index (χ3n) is 2.81. The summed E-state index contributed by atoms with van der Waals surface area (Å²) < 4.78 is 9.90. The minimum atomic E-state index is -0.411. The molecular weight excluding hydrogens is 256 g/mol. The lowest BCUT2D eigenvalue weighted by atomic mass is 10.2. The highest BCUT2D eigenvalue weighted by molar-refractivity contribution is 5.94. The average molecular weight is 272 g/mol. The van der Waals surface area contributed by atoms with E-state index in [9.17, 15) is 4.79 Å². The molecule has 2 aromatic rings. The molecule has 1 aromatic heterocycles. The van der Waals surface area contributed by atoms with E-state index >= 15 is 0 Å². The Morgan fingerprint density at radius 2 is 2.10 bits per heavy atom. The highest BCUT2D eigenvalue weighted by atomic mass is 16.5. The van der Waals surface area contributed by atoms with E-state index in [1.807, 2.05) is 24.3 Å². The molecule has 1 aromatic carbocycles. The fourth-order valence-electron chi connectivity index (χ4n) is 1.79. The van der Waals surface area contributed by atoms with Crippen molar-refractivity contribution in [2.75, 3.05) is 19.5 Å². The number of carbonyl (C=O) groups excluding carboxylic acids is 1. The normalized spacial score (nSPS) is 9.90. The Morgan fingerprint density at radius 3 is 2.85 bits per heavy atom. The number of rotatable bonds is 5. The summed E-state index contributed by atoms with van der Waals surface area (Å²) in [6.07, 6.45) is 1.63. The number of hydrogen-bond acceptors (Lipinski definition) is 5. The van der Waals surface area contributed by atoms with Gasteiger partial charge in [-0.1, -0.05) is 12.1 Å². The number of benzene rings is 1. The van der Waals surface area contributed by atoms with Crippen molar-refractivity contribution in [3.05, 3.63) is 53.7 Å². The molecular formula is C15H16N2O3. The van der Waals surface area contributed by atoms with Crippen LogP contribution < -0.4 is 10.1 Å². The Kier molecular flexibility index (Phi) is 4.55. The number of nitrogens with one attached hydrogen (secondary N) is 1. The molecule has 0 aliphatic carbocycles. The van der Waals surface area contributed by atoms with Crippen molar-refractivity contribution in [3.63, 3.8) is 0 Å². The Bertz CT molecular complexity index is 599. The largest absolute Gasteiger partial charge is 0.497 e. The second-order valence-electron chi connectivity index (χ2n) is 4.10. The van der Waals surface area contributed by atoms with Crippen LogP contribution in [0.5, 0.6) is 5.75 Å². The monoisotopic (exact) mass is 272 g/mol. The minimum Gasteiger partial charge on any atom is -0.497 e. The predicted molar refractivity (Wildman–Crippen MR) is 75.9 cm³/mol. The highest BCUT2D eigenvalue weighted by Crippen LogP contribution is 2.16. The standard InChI is InChI=1S/C15H16N2O3/c1-19-12-6-3-5-11(9-12)10-17-14-13(15(18)20-2)7-4-8-16-14/h3-9H,10H2,1-2H3,(H,16,17). The van der Waals surface area contributed by atoms with Gasteiger partial charge in [0, 0.05) is 12.7 Å². The number of methoxy groups -OCH3 is 2. The molecule has 0 saturated carbocycles. The Morgan fingerprint density at radius 1 is 1.25 bits per heavy atom. The van der Waals surface area contributed by atoms with Crippen LogP contribution in [0.4, 0.5) is 5.82 Å². The first-order valence-electron chi connectivity index (χ1n) is 6.14. The van der Waals surface area contributed by atoms with Gasteiger partial charge in [-0.2, -0.15) is 0 Å². The number of ether oxygens (including phenoxy) is 2. The highest BCUT2D eigenvalue weighted by Gasteiger charge is 2.11. The van der Waals surface area contributed by atoms with E-state index in [0.29, 0.717) is 17.9 Å². The van der Waals surface area contributed by atoms with Crippen LogP contribution in [0.1, 0.15) is 15.9 Å². The molecule has 0 radical (unpaired) electrons. The van der Waals surface area contributed by atoms with Crippen LogP contribution in [-0.2, 0) is 11.3 Å². The summed E-state index contributed by atoms with van der Waals surface area (Å²) in [7, 11) is 2.97. The van der Waals surface area contributed by atoms with Gasteiger partial charge in [0.2, 0.25) is 0 Å². The average Bonchev–Trinajstić information content (AvgIpc) is 2.52. The second kappa shape index (κ2) is 6.56. The molecule has 1 heterocycles.